The largest absolute Gasteiger partial charge is 0.351 e. The molecule has 0 unspecified atom stereocenters. The van der Waals surface area contributed by atoms with Crippen molar-refractivity contribution in [3.8, 4) is 0 Å². The van der Waals surface area contributed by atoms with Crippen molar-refractivity contribution < 1.29 is 4.79 Å². The lowest BCUT2D eigenvalue weighted by molar-refractivity contribution is 0.0928. The fourth-order valence-electron chi connectivity index (χ4n) is 4.53. The lowest BCUT2D eigenvalue weighted by Gasteiger charge is -2.41. The Morgan fingerprint density at radius 1 is 1.03 bits per heavy atom. The van der Waals surface area contributed by atoms with Crippen molar-refractivity contribution in [2.45, 2.75) is 38.6 Å². The topological polar surface area (TPSA) is 50.2 Å². The van der Waals surface area contributed by atoms with E-state index in [2.05, 4.69) is 65.7 Å². The number of aryl methyl sites for hydroxylation is 2. The number of aromatic nitrogens is 2. The minimum absolute atomic E-state index is 0.00114. The second kappa shape index (κ2) is 9.06. The highest BCUT2D eigenvalue weighted by molar-refractivity contribution is 5.94. The summed E-state index contributed by atoms with van der Waals surface area (Å²) in [6.45, 7) is 7.54. The zero-order valence-corrected chi connectivity index (χ0v) is 18.8. The van der Waals surface area contributed by atoms with Crippen LogP contribution in [0.15, 0.2) is 60.7 Å². The van der Waals surface area contributed by atoms with Crippen LogP contribution < -0.4 is 5.32 Å². The zero-order valence-electron chi connectivity index (χ0n) is 18.8. The monoisotopic (exact) mass is 416 g/mol. The van der Waals surface area contributed by atoms with Gasteiger partial charge < -0.3 is 10.2 Å². The molecule has 0 aliphatic carbocycles. The Kier molecular flexibility index (Phi) is 6.23. The number of hydrogen-bond donors (Lipinski definition) is 1. The molecule has 3 aromatic rings. The molecule has 162 valence electrons. The molecule has 1 amide bonds. The van der Waals surface area contributed by atoms with Gasteiger partial charge in [-0.25, -0.2) is 0 Å². The molecule has 1 aromatic heterocycles. The Hall–Kier alpha value is -2.92. The predicted octanol–water partition coefficient (Wildman–Crippen LogP) is 3.94. The molecule has 5 heteroatoms. The van der Waals surface area contributed by atoms with Gasteiger partial charge in [0.15, 0.2) is 0 Å². The third-order valence-corrected chi connectivity index (χ3v) is 6.57. The summed E-state index contributed by atoms with van der Waals surface area (Å²) in [4.78, 5) is 15.3. The number of piperidine rings is 1. The van der Waals surface area contributed by atoms with Gasteiger partial charge in [-0.2, -0.15) is 5.10 Å². The zero-order chi connectivity index (χ0) is 21.8. The van der Waals surface area contributed by atoms with Crippen LogP contribution in [0.3, 0.4) is 0 Å². The summed E-state index contributed by atoms with van der Waals surface area (Å²) in [6.07, 6.45) is 2.10. The highest BCUT2D eigenvalue weighted by atomic mass is 16.1. The van der Waals surface area contributed by atoms with Gasteiger partial charge in [0, 0.05) is 23.2 Å². The molecule has 0 spiro atoms. The molecule has 1 saturated heterocycles. The highest BCUT2D eigenvalue weighted by Crippen LogP contribution is 2.34. The average Bonchev–Trinajstić information content (AvgIpc) is 3.11. The maximum Gasteiger partial charge on any atom is 0.251 e. The Morgan fingerprint density at radius 3 is 2.32 bits per heavy atom. The first-order valence-electron chi connectivity index (χ1n) is 11.1. The maximum atomic E-state index is 12.9. The molecule has 31 heavy (non-hydrogen) atoms. The van der Waals surface area contributed by atoms with E-state index in [0.717, 1.165) is 42.9 Å². The normalized spacial score (nSPS) is 16.2. The third kappa shape index (κ3) is 4.88. The van der Waals surface area contributed by atoms with Crippen LogP contribution in [0.4, 0.5) is 0 Å². The van der Waals surface area contributed by atoms with Crippen LogP contribution in [-0.2, 0) is 12.0 Å². The number of hydrogen-bond acceptors (Lipinski definition) is 3. The van der Waals surface area contributed by atoms with Crippen molar-refractivity contribution in [3.63, 3.8) is 0 Å². The summed E-state index contributed by atoms with van der Waals surface area (Å²) < 4.78 is 1.99. The van der Waals surface area contributed by atoms with Crippen LogP contribution in [0.2, 0.25) is 0 Å². The van der Waals surface area contributed by atoms with Gasteiger partial charge in [-0.05, 0) is 76.2 Å². The van der Waals surface area contributed by atoms with E-state index >= 15 is 0 Å². The lowest BCUT2D eigenvalue weighted by atomic mass is 9.72. The quantitative estimate of drug-likeness (QED) is 0.662. The van der Waals surface area contributed by atoms with Crippen molar-refractivity contribution in [2.24, 2.45) is 0 Å². The van der Waals surface area contributed by atoms with E-state index in [1.807, 2.05) is 35.9 Å². The third-order valence-electron chi connectivity index (χ3n) is 6.57. The summed E-state index contributed by atoms with van der Waals surface area (Å²) >= 11 is 0. The Balaban J connectivity index is 1.43. The van der Waals surface area contributed by atoms with Gasteiger partial charge in [0.1, 0.15) is 0 Å². The van der Waals surface area contributed by atoms with E-state index in [1.54, 1.807) is 0 Å². The molecule has 4 rings (SSSR count). The molecule has 0 saturated carbocycles. The second-order valence-electron chi connectivity index (χ2n) is 8.91. The summed E-state index contributed by atoms with van der Waals surface area (Å²) in [5, 5.41) is 7.75. The number of benzene rings is 2. The second-order valence-corrected chi connectivity index (χ2v) is 8.91. The van der Waals surface area contributed by atoms with Crippen molar-refractivity contribution >= 4 is 5.91 Å². The molecule has 2 aromatic carbocycles. The Labute approximate surface area is 185 Å². The Morgan fingerprint density at radius 2 is 1.71 bits per heavy atom. The number of carbonyl (C=O) groups is 1. The van der Waals surface area contributed by atoms with Crippen molar-refractivity contribution in [2.75, 3.05) is 26.7 Å². The minimum atomic E-state index is -0.00750. The first kappa shape index (κ1) is 21.3. The predicted molar refractivity (Wildman–Crippen MR) is 124 cm³/mol. The fraction of sp³-hybridized carbons (Fsp3) is 0.385. The number of amides is 1. The van der Waals surface area contributed by atoms with Crippen LogP contribution >= 0.6 is 0 Å². The summed E-state index contributed by atoms with van der Waals surface area (Å²) in [7, 11) is 2.17. The highest BCUT2D eigenvalue weighted by Gasteiger charge is 2.35. The van der Waals surface area contributed by atoms with Crippen LogP contribution in [0, 0.1) is 13.8 Å². The van der Waals surface area contributed by atoms with Crippen molar-refractivity contribution in [3.05, 3.63) is 88.7 Å². The molecule has 1 aliphatic rings. The number of nitrogens with zero attached hydrogens (tertiary/aromatic N) is 3. The van der Waals surface area contributed by atoms with Crippen molar-refractivity contribution in [1.82, 2.24) is 20.0 Å². The molecule has 1 aliphatic heterocycles. The van der Waals surface area contributed by atoms with Gasteiger partial charge in [0.05, 0.1) is 12.2 Å². The minimum Gasteiger partial charge on any atom is -0.351 e. The van der Waals surface area contributed by atoms with E-state index in [4.69, 9.17) is 0 Å². The first-order chi connectivity index (χ1) is 14.9. The smallest absolute Gasteiger partial charge is 0.251 e. The van der Waals surface area contributed by atoms with Gasteiger partial charge in [0.2, 0.25) is 0 Å². The molecule has 1 N–H and O–H groups in total. The average molecular weight is 417 g/mol. The Bertz CT molecular complexity index is 1020. The van der Waals surface area contributed by atoms with Crippen LogP contribution in [-0.4, -0.2) is 47.3 Å². The number of carbonyl (C=O) groups excluding carboxylic acids is 1. The summed E-state index contributed by atoms with van der Waals surface area (Å²) in [5.41, 5.74) is 5.33. The van der Waals surface area contributed by atoms with E-state index < -0.39 is 0 Å². The van der Waals surface area contributed by atoms with Crippen molar-refractivity contribution in [1.29, 1.82) is 0 Å². The van der Waals surface area contributed by atoms with Crippen LogP contribution in [0.5, 0.6) is 0 Å². The summed E-state index contributed by atoms with van der Waals surface area (Å²) in [5.74, 6) is -0.00750. The van der Waals surface area contributed by atoms with Gasteiger partial charge in [-0.15, -0.1) is 0 Å². The standard InChI is InChI=1S/C26H32N4O/c1-20-17-21(2)30(28-20)18-22-9-11-23(12-10-22)25(31)27-19-26(13-15-29(3)16-14-26)24-7-5-4-6-8-24/h4-12,17H,13-16,18-19H2,1-3H3,(H,27,31). The van der Waals surface area contributed by atoms with Gasteiger partial charge in [-0.1, -0.05) is 42.5 Å². The van der Waals surface area contributed by atoms with Gasteiger partial charge >= 0.3 is 0 Å². The first-order valence-corrected chi connectivity index (χ1v) is 11.1. The van der Waals surface area contributed by atoms with Crippen LogP contribution in [0.25, 0.3) is 0 Å². The van der Waals surface area contributed by atoms with E-state index in [9.17, 15) is 4.79 Å². The molecule has 0 atom stereocenters. The molecule has 0 radical (unpaired) electrons. The summed E-state index contributed by atoms with van der Waals surface area (Å²) in [6, 6.07) is 20.6. The maximum absolute atomic E-state index is 12.9. The number of rotatable bonds is 6. The van der Waals surface area contributed by atoms with Gasteiger partial charge in [0.25, 0.3) is 5.91 Å². The number of nitrogens with one attached hydrogen (secondary N) is 1. The molecular weight excluding hydrogens is 384 g/mol. The van der Waals surface area contributed by atoms with Crippen LogP contribution in [0.1, 0.15) is 45.7 Å². The fourth-order valence-corrected chi connectivity index (χ4v) is 4.53. The SMILES string of the molecule is Cc1cc(C)n(Cc2ccc(C(=O)NCC3(c4ccccc4)CCN(C)CC3)cc2)n1. The molecule has 5 nitrogen and oxygen atoms in total. The molecule has 1 fully saturated rings. The lowest BCUT2D eigenvalue weighted by Crippen LogP contribution is -2.48. The molecule has 0 bridgehead atoms. The van der Waals surface area contributed by atoms with E-state index in [1.165, 1.54) is 5.56 Å². The molecule has 2 heterocycles. The molecular formula is C26H32N4O. The van der Waals surface area contributed by atoms with Gasteiger partial charge in [-0.3, -0.25) is 9.48 Å². The van der Waals surface area contributed by atoms with E-state index in [-0.39, 0.29) is 11.3 Å². The van der Waals surface area contributed by atoms with E-state index in [0.29, 0.717) is 18.7 Å². The number of likely N-dealkylation sites (tertiary alicyclic amines) is 1.